The van der Waals surface area contributed by atoms with Crippen LogP contribution in [0.3, 0.4) is 0 Å². The molecule has 4 aromatic rings. The number of rotatable bonds is 6. The van der Waals surface area contributed by atoms with E-state index < -0.39 is 21.8 Å². The minimum Gasteiger partial charge on any atom is -0.467 e. The molecule has 3 heterocycles. The van der Waals surface area contributed by atoms with Crippen molar-refractivity contribution in [1.82, 2.24) is 19.1 Å². The van der Waals surface area contributed by atoms with Crippen LogP contribution in [0.25, 0.3) is 11.1 Å². The molecule has 0 amide bonds. The number of nitrogens with one attached hydrogen (secondary N) is 1. The molecule has 0 spiro atoms. The Balaban J connectivity index is 1.63. The first-order valence-electron chi connectivity index (χ1n) is 8.07. The fourth-order valence-electron chi connectivity index (χ4n) is 2.82. The van der Waals surface area contributed by atoms with Crippen LogP contribution in [0.5, 0.6) is 0 Å². The Labute approximate surface area is 153 Å². The van der Waals surface area contributed by atoms with E-state index in [-0.39, 0.29) is 11.4 Å². The van der Waals surface area contributed by atoms with Gasteiger partial charge < -0.3 is 8.83 Å². The Morgan fingerprint density at radius 2 is 2.11 bits per heavy atom. The van der Waals surface area contributed by atoms with Gasteiger partial charge in [0.15, 0.2) is 5.58 Å². The summed E-state index contributed by atoms with van der Waals surface area (Å²) in [6, 6.07) is 9.05. The Morgan fingerprint density at radius 3 is 2.81 bits per heavy atom. The van der Waals surface area contributed by atoms with Gasteiger partial charge in [0.05, 0.1) is 16.7 Å². The minimum absolute atomic E-state index is 0.0325. The minimum atomic E-state index is -3.83. The third-order valence-corrected chi connectivity index (χ3v) is 5.68. The standard InChI is InChI=1S/C17H16N4O5S/c1-20-13-10-12(5-6-16(13)26-17(20)22)27(23,24)19-11-14(15-4-2-9-25-15)21-8-3-7-18-21/h2-10,14,19H,11H2,1H3. The molecule has 0 saturated heterocycles. The molecule has 140 valence electrons. The summed E-state index contributed by atoms with van der Waals surface area (Å²) in [5, 5.41) is 4.17. The number of hydrogen-bond acceptors (Lipinski definition) is 6. The number of hydrogen-bond donors (Lipinski definition) is 1. The summed E-state index contributed by atoms with van der Waals surface area (Å²) < 4.78 is 41.4. The second-order valence-electron chi connectivity index (χ2n) is 5.93. The van der Waals surface area contributed by atoms with Crippen LogP contribution >= 0.6 is 0 Å². The first kappa shape index (κ1) is 17.3. The Bertz CT molecular complexity index is 1190. The third kappa shape index (κ3) is 3.20. The van der Waals surface area contributed by atoms with E-state index in [4.69, 9.17) is 8.83 Å². The van der Waals surface area contributed by atoms with E-state index in [9.17, 15) is 13.2 Å². The van der Waals surface area contributed by atoms with E-state index in [0.717, 1.165) is 0 Å². The highest BCUT2D eigenvalue weighted by Crippen LogP contribution is 2.20. The van der Waals surface area contributed by atoms with Crippen molar-refractivity contribution < 1.29 is 17.3 Å². The van der Waals surface area contributed by atoms with Gasteiger partial charge in [0.1, 0.15) is 11.8 Å². The lowest BCUT2D eigenvalue weighted by Gasteiger charge is -2.16. The molecule has 0 aliphatic carbocycles. The lowest BCUT2D eigenvalue weighted by Crippen LogP contribution is -2.31. The Kier molecular flexibility index (Phi) is 4.21. The van der Waals surface area contributed by atoms with Crippen molar-refractivity contribution >= 4 is 21.1 Å². The number of aryl methyl sites for hydroxylation is 1. The van der Waals surface area contributed by atoms with E-state index in [2.05, 4.69) is 9.82 Å². The highest BCUT2D eigenvalue weighted by molar-refractivity contribution is 7.89. The lowest BCUT2D eigenvalue weighted by molar-refractivity contribution is 0.402. The summed E-state index contributed by atoms with van der Waals surface area (Å²) in [6.07, 6.45) is 4.86. The molecular formula is C17H16N4O5S. The maximum absolute atomic E-state index is 12.7. The maximum atomic E-state index is 12.7. The van der Waals surface area contributed by atoms with E-state index in [0.29, 0.717) is 16.9 Å². The molecule has 1 atom stereocenters. The van der Waals surface area contributed by atoms with Gasteiger partial charge in [-0.05, 0) is 36.4 Å². The summed E-state index contributed by atoms with van der Waals surface area (Å²) in [7, 11) is -2.31. The predicted octanol–water partition coefficient (Wildman–Crippen LogP) is 1.49. The zero-order chi connectivity index (χ0) is 19.0. The predicted molar refractivity (Wildman–Crippen MR) is 95.7 cm³/mol. The number of sulfonamides is 1. The van der Waals surface area contributed by atoms with Gasteiger partial charge in [-0.3, -0.25) is 9.25 Å². The van der Waals surface area contributed by atoms with Crippen LogP contribution in [0, 0.1) is 0 Å². The first-order chi connectivity index (χ1) is 13.0. The summed E-state index contributed by atoms with van der Waals surface area (Å²) >= 11 is 0. The molecule has 0 saturated carbocycles. The van der Waals surface area contributed by atoms with Gasteiger partial charge in [-0.15, -0.1) is 0 Å². The molecular weight excluding hydrogens is 372 g/mol. The van der Waals surface area contributed by atoms with Crippen LogP contribution in [-0.4, -0.2) is 29.3 Å². The van der Waals surface area contributed by atoms with E-state index in [1.807, 2.05) is 0 Å². The summed E-state index contributed by atoms with van der Waals surface area (Å²) in [4.78, 5) is 11.6. The summed E-state index contributed by atoms with van der Waals surface area (Å²) in [5.41, 5.74) is 0.726. The van der Waals surface area contributed by atoms with Gasteiger partial charge in [0.25, 0.3) is 0 Å². The van der Waals surface area contributed by atoms with Crippen molar-refractivity contribution in [3.05, 3.63) is 71.4 Å². The molecule has 10 heteroatoms. The van der Waals surface area contributed by atoms with Crippen LogP contribution in [-0.2, 0) is 17.1 Å². The zero-order valence-corrected chi connectivity index (χ0v) is 15.1. The number of fused-ring (bicyclic) bond motifs is 1. The molecule has 1 aromatic carbocycles. The Morgan fingerprint density at radius 1 is 1.26 bits per heavy atom. The molecule has 0 aliphatic heterocycles. The summed E-state index contributed by atoms with van der Waals surface area (Å²) in [6.45, 7) is 0.0415. The van der Waals surface area contributed by atoms with Crippen molar-refractivity contribution in [2.75, 3.05) is 6.54 Å². The third-order valence-electron chi connectivity index (χ3n) is 4.26. The van der Waals surface area contributed by atoms with E-state index in [1.165, 1.54) is 36.1 Å². The maximum Gasteiger partial charge on any atom is 0.419 e. The highest BCUT2D eigenvalue weighted by atomic mass is 32.2. The van der Waals surface area contributed by atoms with Crippen LogP contribution in [0.1, 0.15) is 11.8 Å². The lowest BCUT2D eigenvalue weighted by atomic mass is 10.2. The molecule has 0 radical (unpaired) electrons. The number of benzene rings is 1. The van der Waals surface area contributed by atoms with Crippen molar-refractivity contribution in [1.29, 1.82) is 0 Å². The van der Waals surface area contributed by atoms with Gasteiger partial charge >= 0.3 is 5.76 Å². The molecule has 4 rings (SSSR count). The molecule has 3 aromatic heterocycles. The topological polar surface area (TPSA) is 112 Å². The molecule has 27 heavy (non-hydrogen) atoms. The van der Waals surface area contributed by atoms with Crippen LogP contribution in [0.4, 0.5) is 0 Å². The van der Waals surface area contributed by atoms with E-state index >= 15 is 0 Å². The van der Waals surface area contributed by atoms with Gasteiger partial charge in [-0.25, -0.2) is 17.9 Å². The zero-order valence-electron chi connectivity index (χ0n) is 14.3. The van der Waals surface area contributed by atoms with Crippen molar-refractivity contribution in [3.63, 3.8) is 0 Å². The van der Waals surface area contributed by atoms with Crippen LogP contribution in [0.2, 0.25) is 0 Å². The van der Waals surface area contributed by atoms with Gasteiger partial charge in [-0.2, -0.15) is 5.10 Å². The van der Waals surface area contributed by atoms with Gasteiger partial charge in [0.2, 0.25) is 10.0 Å². The SMILES string of the molecule is Cn1c(=O)oc2ccc(S(=O)(=O)NCC(c3ccco3)n3cccn3)cc21. The monoisotopic (exact) mass is 388 g/mol. The fraction of sp³-hybridized carbons (Fsp3) is 0.176. The van der Waals surface area contributed by atoms with Crippen molar-refractivity contribution in [2.45, 2.75) is 10.9 Å². The number of nitrogens with zero attached hydrogens (tertiary/aromatic N) is 3. The fourth-order valence-corrected chi connectivity index (χ4v) is 3.87. The largest absolute Gasteiger partial charge is 0.467 e. The average molecular weight is 388 g/mol. The van der Waals surface area contributed by atoms with Crippen LogP contribution in [0.15, 0.2) is 73.6 Å². The number of oxazole rings is 1. The molecule has 1 unspecified atom stereocenters. The van der Waals surface area contributed by atoms with Gasteiger partial charge in [-0.1, -0.05) is 0 Å². The Hall–Kier alpha value is -3.11. The molecule has 0 fully saturated rings. The van der Waals surface area contributed by atoms with Gasteiger partial charge in [0, 0.05) is 26.0 Å². The second kappa shape index (κ2) is 6.56. The number of furan rings is 1. The molecule has 0 bridgehead atoms. The normalized spacial score (nSPS) is 13.2. The highest BCUT2D eigenvalue weighted by Gasteiger charge is 2.22. The average Bonchev–Trinajstić information content (AvgIpc) is 3.39. The van der Waals surface area contributed by atoms with E-state index in [1.54, 1.807) is 35.3 Å². The quantitative estimate of drug-likeness (QED) is 0.535. The van der Waals surface area contributed by atoms with Crippen molar-refractivity contribution in [2.24, 2.45) is 7.05 Å². The smallest absolute Gasteiger partial charge is 0.419 e. The first-order valence-corrected chi connectivity index (χ1v) is 9.56. The molecule has 0 aliphatic rings. The van der Waals surface area contributed by atoms with Crippen molar-refractivity contribution in [3.8, 4) is 0 Å². The second-order valence-corrected chi connectivity index (χ2v) is 7.69. The number of aromatic nitrogens is 3. The molecule has 9 nitrogen and oxygen atoms in total. The molecule has 1 N–H and O–H groups in total. The summed E-state index contributed by atoms with van der Waals surface area (Å²) in [5.74, 6) is 0.0261. The van der Waals surface area contributed by atoms with Crippen LogP contribution < -0.4 is 10.5 Å².